The van der Waals surface area contributed by atoms with E-state index < -0.39 is 0 Å². The maximum absolute atomic E-state index is 12.1. The Morgan fingerprint density at radius 2 is 2.22 bits per heavy atom. The molecule has 1 aliphatic rings. The van der Waals surface area contributed by atoms with Crippen LogP contribution in [0.3, 0.4) is 0 Å². The van der Waals surface area contributed by atoms with Gasteiger partial charge in [-0.2, -0.15) is 0 Å². The molecule has 0 bridgehead atoms. The molecule has 0 spiro atoms. The molecule has 1 aromatic heterocycles. The highest BCUT2D eigenvalue weighted by atomic mass is 35.5. The SMILES string of the molecule is O=C(N[C@H]1CC(=O)N(CCc2cccc(Cl)c2)C1)c1ccco1. The molecule has 120 valence electrons. The molecule has 2 aromatic rings. The van der Waals surface area contributed by atoms with E-state index in [-0.39, 0.29) is 23.6 Å². The van der Waals surface area contributed by atoms with E-state index in [1.165, 1.54) is 6.26 Å². The van der Waals surface area contributed by atoms with Crippen molar-refractivity contribution in [2.24, 2.45) is 0 Å². The van der Waals surface area contributed by atoms with Gasteiger partial charge in [0.2, 0.25) is 5.91 Å². The second-order valence-electron chi connectivity index (χ2n) is 5.57. The van der Waals surface area contributed by atoms with E-state index in [2.05, 4.69) is 5.32 Å². The standard InChI is InChI=1S/C17H17ClN2O3/c18-13-4-1-3-12(9-13)6-7-20-11-14(10-16(20)21)19-17(22)15-5-2-8-23-15/h1-5,8-9,14H,6-7,10-11H2,(H,19,22)/t14-/m0/s1. The lowest BCUT2D eigenvalue weighted by molar-refractivity contribution is -0.127. The monoisotopic (exact) mass is 332 g/mol. The van der Waals surface area contributed by atoms with Gasteiger partial charge >= 0.3 is 0 Å². The van der Waals surface area contributed by atoms with Gasteiger partial charge in [0.15, 0.2) is 5.76 Å². The first-order valence-electron chi connectivity index (χ1n) is 7.48. The number of nitrogens with zero attached hydrogens (tertiary/aromatic N) is 1. The fraction of sp³-hybridized carbons (Fsp3) is 0.294. The van der Waals surface area contributed by atoms with Gasteiger partial charge in [-0.3, -0.25) is 9.59 Å². The van der Waals surface area contributed by atoms with Crippen molar-refractivity contribution in [1.29, 1.82) is 0 Å². The Kier molecular flexibility index (Phi) is 4.67. The summed E-state index contributed by atoms with van der Waals surface area (Å²) in [6.07, 6.45) is 2.51. The van der Waals surface area contributed by atoms with Gasteiger partial charge in [0, 0.05) is 24.5 Å². The lowest BCUT2D eigenvalue weighted by atomic mass is 10.1. The average Bonchev–Trinajstić information content (AvgIpc) is 3.15. The third-order valence-corrected chi connectivity index (χ3v) is 4.09. The molecular weight excluding hydrogens is 316 g/mol. The fourth-order valence-corrected chi connectivity index (χ4v) is 2.92. The van der Waals surface area contributed by atoms with Gasteiger partial charge in [0.25, 0.3) is 5.91 Å². The zero-order valence-electron chi connectivity index (χ0n) is 12.5. The van der Waals surface area contributed by atoms with E-state index in [9.17, 15) is 9.59 Å². The van der Waals surface area contributed by atoms with Gasteiger partial charge < -0.3 is 14.6 Å². The molecule has 2 amide bonds. The number of hydrogen-bond donors (Lipinski definition) is 1. The van der Waals surface area contributed by atoms with E-state index >= 15 is 0 Å². The van der Waals surface area contributed by atoms with Crippen molar-refractivity contribution in [3.8, 4) is 0 Å². The van der Waals surface area contributed by atoms with Gasteiger partial charge in [0.05, 0.1) is 12.3 Å². The molecule has 23 heavy (non-hydrogen) atoms. The molecule has 5 nitrogen and oxygen atoms in total. The quantitative estimate of drug-likeness (QED) is 0.915. The van der Waals surface area contributed by atoms with E-state index in [0.29, 0.717) is 24.5 Å². The Balaban J connectivity index is 1.52. The number of rotatable bonds is 5. The number of amides is 2. The second-order valence-corrected chi connectivity index (χ2v) is 6.01. The molecule has 1 N–H and O–H groups in total. The van der Waals surface area contributed by atoms with Crippen LogP contribution in [-0.2, 0) is 11.2 Å². The third kappa shape index (κ3) is 3.93. The van der Waals surface area contributed by atoms with Crippen molar-refractivity contribution >= 4 is 23.4 Å². The Morgan fingerprint density at radius 3 is 2.96 bits per heavy atom. The molecule has 0 saturated carbocycles. The molecule has 0 unspecified atom stereocenters. The minimum Gasteiger partial charge on any atom is -0.459 e. The van der Waals surface area contributed by atoms with Gasteiger partial charge in [-0.1, -0.05) is 23.7 Å². The number of halogens is 1. The summed E-state index contributed by atoms with van der Waals surface area (Å²) in [5.41, 5.74) is 1.09. The molecule has 0 aliphatic carbocycles. The molecule has 2 heterocycles. The highest BCUT2D eigenvalue weighted by Crippen LogP contribution is 2.15. The topological polar surface area (TPSA) is 62.6 Å². The zero-order valence-corrected chi connectivity index (χ0v) is 13.3. The molecule has 3 rings (SSSR count). The average molecular weight is 333 g/mol. The number of nitrogens with one attached hydrogen (secondary N) is 1. The predicted molar refractivity (Wildman–Crippen MR) is 86.3 cm³/mol. The van der Waals surface area contributed by atoms with Crippen molar-refractivity contribution < 1.29 is 14.0 Å². The van der Waals surface area contributed by atoms with Crippen LogP contribution in [0.15, 0.2) is 47.1 Å². The summed E-state index contributed by atoms with van der Waals surface area (Å²) in [5, 5.41) is 3.53. The number of benzene rings is 1. The number of furan rings is 1. The van der Waals surface area contributed by atoms with Gasteiger partial charge in [0.1, 0.15) is 0 Å². The Hall–Kier alpha value is -2.27. The molecule has 1 aromatic carbocycles. The van der Waals surface area contributed by atoms with Crippen LogP contribution in [0, 0.1) is 0 Å². The smallest absolute Gasteiger partial charge is 0.287 e. The summed E-state index contributed by atoms with van der Waals surface area (Å²) in [6, 6.07) is 10.7. The summed E-state index contributed by atoms with van der Waals surface area (Å²) in [4.78, 5) is 25.8. The molecule has 1 saturated heterocycles. The van der Waals surface area contributed by atoms with Crippen LogP contribution in [-0.4, -0.2) is 35.8 Å². The lowest BCUT2D eigenvalue weighted by Crippen LogP contribution is -2.37. The number of carbonyl (C=O) groups excluding carboxylic acids is 2. The molecule has 6 heteroatoms. The minimum absolute atomic E-state index is 0.0526. The number of hydrogen-bond acceptors (Lipinski definition) is 3. The van der Waals surface area contributed by atoms with Crippen LogP contribution < -0.4 is 5.32 Å². The molecule has 0 radical (unpaired) electrons. The molecule has 1 fully saturated rings. The summed E-state index contributed by atoms with van der Waals surface area (Å²) >= 11 is 5.96. The van der Waals surface area contributed by atoms with Crippen molar-refractivity contribution in [2.45, 2.75) is 18.9 Å². The summed E-state index contributed by atoms with van der Waals surface area (Å²) in [5.74, 6) is 0.0242. The maximum atomic E-state index is 12.1. The Bertz CT molecular complexity index is 700. The third-order valence-electron chi connectivity index (χ3n) is 3.85. The maximum Gasteiger partial charge on any atom is 0.287 e. The molecule has 1 atom stereocenters. The number of carbonyl (C=O) groups is 2. The van der Waals surface area contributed by atoms with Gasteiger partial charge in [-0.15, -0.1) is 0 Å². The first-order valence-corrected chi connectivity index (χ1v) is 7.86. The Morgan fingerprint density at radius 1 is 1.35 bits per heavy atom. The highest BCUT2D eigenvalue weighted by molar-refractivity contribution is 6.30. The van der Waals surface area contributed by atoms with Gasteiger partial charge in [-0.05, 0) is 36.2 Å². The van der Waals surface area contributed by atoms with E-state index in [0.717, 1.165) is 12.0 Å². The summed E-state index contributed by atoms with van der Waals surface area (Å²) < 4.78 is 5.05. The Labute approximate surface area is 139 Å². The first kappa shape index (κ1) is 15.6. The van der Waals surface area contributed by atoms with E-state index in [1.807, 2.05) is 24.3 Å². The van der Waals surface area contributed by atoms with Crippen molar-refractivity contribution in [3.05, 3.63) is 59.0 Å². The fourth-order valence-electron chi connectivity index (χ4n) is 2.71. The summed E-state index contributed by atoms with van der Waals surface area (Å²) in [7, 11) is 0. The van der Waals surface area contributed by atoms with Crippen LogP contribution in [0.2, 0.25) is 5.02 Å². The molecule has 1 aliphatic heterocycles. The minimum atomic E-state index is -0.288. The van der Waals surface area contributed by atoms with Gasteiger partial charge in [-0.25, -0.2) is 0 Å². The first-order chi connectivity index (χ1) is 11.1. The second kappa shape index (κ2) is 6.87. The van der Waals surface area contributed by atoms with E-state index in [4.69, 9.17) is 16.0 Å². The van der Waals surface area contributed by atoms with Crippen LogP contribution >= 0.6 is 11.6 Å². The van der Waals surface area contributed by atoms with Crippen LogP contribution in [0.5, 0.6) is 0 Å². The van der Waals surface area contributed by atoms with Crippen LogP contribution in [0.1, 0.15) is 22.5 Å². The van der Waals surface area contributed by atoms with Crippen molar-refractivity contribution in [2.75, 3.05) is 13.1 Å². The zero-order chi connectivity index (χ0) is 16.2. The van der Waals surface area contributed by atoms with Crippen LogP contribution in [0.4, 0.5) is 0 Å². The largest absolute Gasteiger partial charge is 0.459 e. The lowest BCUT2D eigenvalue weighted by Gasteiger charge is -2.17. The predicted octanol–water partition coefficient (Wildman–Crippen LogP) is 2.51. The number of likely N-dealkylation sites (tertiary alicyclic amines) is 1. The van der Waals surface area contributed by atoms with Crippen molar-refractivity contribution in [1.82, 2.24) is 10.2 Å². The van der Waals surface area contributed by atoms with Crippen LogP contribution in [0.25, 0.3) is 0 Å². The normalized spacial score (nSPS) is 17.5. The van der Waals surface area contributed by atoms with E-state index in [1.54, 1.807) is 17.0 Å². The highest BCUT2D eigenvalue weighted by Gasteiger charge is 2.30. The molecular formula is C17H17ClN2O3. The summed E-state index contributed by atoms with van der Waals surface area (Å²) in [6.45, 7) is 1.14. The van der Waals surface area contributed by atoms with Crippen molar-refractivity contribution in [3.63, 3.8) is 0 Å².